The van der Waals surface area contributed by atoms with E-state index in [1.807, 2.05) is 0 Å². The zero-order valence-corrected chi connectivity index (χ0v) is 17.4. The fourth-order valence-corrected chi connectivity index (χ4v) is 7.40. The lowest BCUT2D eigenvalue weighted by atomic mass is 9.66. The van der Waals surface area contributed by atoms with E-state index < -0.39 is 8.32 Å². The number of aryl methyl sites for hydroxylation is 1. The lowest BCUT2D eigenvalue weighted by molar-refractivity contribution is 0.0616. The second-order valence-corrected chi connectivity index (χ2v) is 12.5. The lowest BCUT2D eigenvalue weighted by Crippen LogP contribution is -2.50. The van der Waals surface area contributed by atoms with Gasteiger partial charge in [-0.25, -0.2) is 0 Å². The Labute approximate surface area is 158 Å². The molecule has 2 nitrogen and oxygen atoms in total. The van der Waals surface area contributed by atoms with Crippen LogP contribution in [0.5, 0.6) is 5.75 Å². The Hall–Kier alpha value is -1.58. The molecule has 4 rings (SSSR count). The number of methoxy groups -OCH3 is 1. The van der Waals surface area contributed by atoms with Crippen molar-refractivity contribution in [2.45, 2.75) is 57.7 Å². The largest absolute Gasteiger partial charge is 0.497 e. The van der Waals surface area contributed by atoms with E-state index in [-0.39, 0.29) is 5.41 Å². The monoisotopic (exact) mass is 366 g/mol. The molecule has 2 aliphatic rings. The molecule has 0 aromatic heterocycles. The Morgan fingerprint density at radius 3 is 2.54 bits per heavy atom. The van der Waals surface area contributed by atoms with Crippen LogP contribution < -0.4 is 9.92 Å². The minimum atomic E-state index is -1.89. The molecule has 0 saturated heterocycles. The highest BCUT2D eigenvalue weighted by Gasteiger charge is 2.51. The van der Waals surface area contributed by atoms with Gasteiger partial charge in [0.05, 0.1) is 13.2 Å². The molecular weight excluding hydrogens is 336 g/mol. The molecule has 0 bridgehead atoms. The first-order valence-electron chi connectivity index (χ1n) is 9.84. The summed E-state index contributed by atoms with van der Waals surface area (Å²) in [6.45, 7) is 7.17. The first-order chi connectivity index (χ1) is 12.4. The number of hydrogen-bond acceptors (Lipinski definition) is 2. The highest BCUT2D eigenvalue weighted by atomic mass is 28.4. The van der Waals surface area contributed by atoms with E-state index in [1.165, 1.54) is 35.6 Å². The molecule has 3 atom stereocenters. The molecule has 0 spiro atoms. The van der Waals surface area contributed by atoms with Crippen LogP contribution >= 0.6 is 0 Å². The van der Waals surface area contributed by atoms with Crippen LogP contribution in [0.3, 0.4) is 0 Å². The van der Waals surface area contributed by atoms with Crippen LogP contribution in [-0.2, 0) is 10.8 Å². The molecule has 0 radical (unpaired) electrons. The first-order valence-corrected chi connectivity index (χ1v) is 12.7. The van der Waals surface area contributed by atoms with Crippen LogP contribution in [0.25, 0.3) is 0 Å². The normalized spacial score (nSPS) is 27.7. The van der Waals surface area contributed by atoms with Gasteiger partial charge in [-0.05, 0) is 78.6 Å². The van der Waals surface area contributed by atoms with Gasteiger partial charge in [0.1, 0.15) is 5.75 Å². The van der Waals surface area contributed by atoms with Crippen LogP contribution in [0, 0.1) is 5.41 Å². The third-order valence-corrected chi connectivity index (χ3v) is 9.41. The van der Waals surface area contributed by atoms with Crippen LogP contribution in [0.1, 0.15) is 43.2 Å². The number of fused-ring (bicyclic) bond motifs is 3. The van der Waals surface area contributed by atoms with Crippen molar-refractivity contribution in [2.24, 2.45) is 5.41 Å². The van der Waals surface area contributed by atoms with E-state index >= 15 is 0 Å². The van der Waals surface area contributed by atoms with Crippen molar-refractivity contribution in [3.63, 3.8) is 0 Å². The molecule has 0 heterocycles. The summed E-state index contributed by atoms with van der Waals surface area (Å²) in [6.07, 6.45) is 5.12. The second kappa shape index (κ2) is 6.54. The van der Waals surface area contributed by atoms with Crippen molar-refractivity contribution in [2.75, 3.05) is 7.11 Å². The molecule has 2 aromatic carbocycles. The lowest BCUT2D eigenvalue weighted by Gasteiger charge is -2.44. The molecular formula is C23H30O2Si. The zero-order chi connectivity index (χ0) is 18.4. The topological polar surface area (TPSA) is 18.5 Å². The zero-order valence-electron chi connectivity index (χ0n) is 16.4. The predicted molar refractivity (Wildman–Crippen MR) is 110 cm³/mol. The van der Waals surface area contributed by atoms with Crippen molar-refractivity contribution in [1.82, 2.24) is 0 Å². The molecule has 0 amide bonds. The maximum atomic E-state index is 6.93. The summed E-state index contributed by atoms with van der Waals surface area (Å²) in [6, 6.07) is 17.5. The Kier molecular flexibility index (Phi) is 4.48. The van der Waals surface area contributed by atoms with Crippen LogP contribution in [0.4, 0.5) is 0 Å². The first kappa shape index (κ1) is 17.8. The highest BCUT2D eigenvalue weighted by Crippen LogP contribution is 2.57. The van der Waals surface area contributed by atoms with Gasteiger partial charge < -0.3 is 9.16 Å². The van der Waals surface area contributed by atoms with Crippen LogP contribution in [0.2, 0.25) is 13.1 Å². The Bertz CT molecular complexity index is 786. The average molecular weight is 367 g/mol. The molecule has 26 heavy (non-hydrogen) atoms. The van der Waals surface area contributed by atoms with E-state index in [4.69, 9.17) is 9.16 Å². The SMILES string of the molecule is COc1ccc2c(c1)CC[C@]1(C)[C@@H](O[Si](C)(C)c3ccccc3)CC[C@H]21. The molecule has 2 aliphatic carbocycles. The molecule has 0 aliphatic heterocycles. The third kappa shape index (κ3) is 2.91. The molecule has 0 N–H and O–H groups in total. The summed E-state index contributed by atoms with van der Waals surface area (Å²) in [5.74, 6) is 1.60. The standard InChI is InChI=1S/C23H30O2Si/c1-23-15-14-17-16-18(24-2)10-11-20(17)21(23)12-13-22(23)25-26(3,4)19-8-6-5-7-9-19/h5-11,16,21-22H,12-15H2,1-4H3/t21-,22+,23+/m1/s1. The van der Waals surface area contributed by atoms with E-state index in [2.05, 4.69) is 68.5 Å². The quantitative estimate of drug-likeness (QED) is 0.707. The number of benzene rings is 2. The molecule has 0 unspecified atom stereocenters. The van der Waals surface area contributed by atoms with Gasteiger partial charge in [-0.3, -0.25) is 0 Å². The molecule has 138 valence electrons. The van der Waals surface area contributed by atoms with Crippen molar-refractivity contribution in [3.05, 3.63) is 59.7 Å². The summed E-state index contributed by atoms with van der Waals surface area (Å²) in [5.41, 5.74) is 3.26. The van der Waals surface area contributed by atoms with Gasteiger partial charge in [-0.2, -0.15) is 0 Å². The maximum absolute atomic E-state index is 6.93. The van der Waals surface area contributed by atoms with Crippen molar-refractivity contribution < 1.29 is 9.16 Å². The van der Waals surface area contributed by atoms with Gasteiger partial charge in [-0.1, -0.05) is 43.3 Å². The fourth-order valence-electron chi connectivity index (χ4n) is 5.17. The molecule has 3 heteroatoms. The Morgan fingerprint density at radius 1 is 1.04 bits per heavy atom. The number of ether oxygens (including phenoxy) is 1. The van der Waals surface area contributed by atoms with Crippen molar-refractivity contribution in [1.29, 1.82) is 0 Å². The Balaban J connectivity index is 1.60. The van der Waals surface area contributed by atoms with Crippen LogP contribution in [0.15, 0.2) is 48.5 Å². The summed E-state index contributed by atoms with van der Waals surface area (Å²) in [7, 11) is -0.140. The van der Waals surface area contributed by atoms with Crippen LogP contribution in [-0.4, -0.2) is 21.5 Å². The van der Waals surface area contributed by atoms with Crippen molar-refractivity contribution in [3.8, 4) is 5.75 Å². The fraction of sp³-hybridized carbons (Fsp3) is 0.478. The van der Waals surface area contributed by atoms with Gasteiger partial charge in [0.2, 0.25) is 8.32 Å². The van der Waals surface area contributed by atoms with Gasteiger partial charge in [0.25, 0.3) is 0 Å². The second-order valence-electron chi connectivity index (χ2n) is 8.68. The molecule has 1 saturated carbocycles. The minimum Gasteiger partial charge on any atom is -0.497 e. The van der Waals surface area contributed by atoms with Gasteiger partial charge in [0, 0.05) is 0 Å². The number of rotatable bonds is 4. The maximum Gasteiger partial charge on any atom is 0.218 e. The average Bonchev–Trinajstić information content (AvgIpc) is 2.98. The van der Waals surface area contributed by atoms with E-state index in [1.54, 1.807) is 7.11 Å². The van der Waals surface area contributed by atoms with Gasteiger partial charge in [0.15, 0.2) is 0 Å². The summed E-state index contributed by atoms with van der Waals surface area (Å²) >= 11 is 0. The van der Waals surface area contributed by atoms with Gasteiger partial charge >= 0.3 is 0 Å². The minimum absolute atomic E-state index is 0.251. The van der Waals surface area contributed by atoms with E-state index in [0.29, 0.717) is 12.0 Å². The molecule has 2 aromatic rings. The van der Waals surface area contributed by atoms with E-state index in [0.717, 1.165) is 12.2 Å². The van der Waals surface area contributed by atoms with Gasteiger partial charge in [-0.15, -0.1) is 0 Å². The third-order valence-electron chi connectivity index (χ3n) is 6.81. The summed E-state index contributed by atoms with van der Waals surface area (Å²) in [4.78, 5) is 0. The highest BCUT2D eigenvalue weighted by molar-refractivity contribution is 6.84. The van der Waals surface area contributed by atoms with Crippen molar-refractivity contribution >= 4 is 13.5 Å². The molecule has 1 fully saturated rings. The smallest absolute Gasteiger partial charge is 0.218 e. The predicted octanol–water partition coefficient (Wildman–Crippen LogP) is 5.02. The summed E-state index contributed by atoms with van der Waals surface area (Å²) in [5, 5.41) is 1.40. The van der Waals surface area contributed by atoms with E-state index in [9.17, 15) is 0 Å². The Morgan fingerprint density at radius 2 is 1.81 bits per heavy atom. The summed E-state index contributed by atoms with van der Waals surface area (Å²) < 4.78 is 12.4. The number of hydrogen-bond donors (Lipinski definition) is 0.